The van der Waals surface area contributed by atoms with Gasteiger partial charge in [-0.05, 0) is 83.5 Å². The minimum atomic E-state index is -0.805. The van der Waals surface area contributed by atoms with Gasteiger partial charge in [0, 0.05) is 19.3 Å². The number of rotatable bonds is 63. The van der Waals surface area contributed by atoms with Gasteiger partial charge in [0.1, 0.15) is 13.2 Å². The monoisotopic (exact) mass is 1110 g/mol. The van der Waals surface area contributed by atoms with E-state index < -0.39 is 6.10 Å². The van der Waals surface area contributed by atoms with Gasteiger partial charge < -0.3 is 14.2 Å². The maximum Gasteiger partial charge on any atom is 0.306 e. The van der Waals surface area contributed by atoms with E-state index in [1.807, 2.05) is 6.08 Å². The largest absolute Gasteiger partial charge is 0.462 e. The van der Waals surface area contributed by atoms with Crippen molar-refractivity contribution in [3.8, 4) is 0 Å². The first-order valence-electron chi connectivity index (χ1n) is 34.6. The van der Waals surface area contributed by atoms with Crippen molar-refractivity contribution in [2.45, 2.75) is 354 Å². The van der Waals surface area contributed by atoms with E-state index in [9.17, 15) is 14.4 Å². The van der Waals surface area contributed by atoms with Gasteiger partial charge in [-0.2, -0.15) is 0 Å². The number of carbonyl (C=O) groups excluding carboxylic acids is 3. The second-order valence-electron chi connectivity index (χ2n) is 23.1. The van der Waals surface area contributed by atoms with Gasteiger partial charge in [0.05, 0.1) is 0 Å². The quantitative estimate of drug-likeness (QED) is 0.0261. The van der Waals surface area contributed by atoms with Crippen LogP contribution in [0.3, 0.4) is 0 Å². The molecule has 0 aliphatic heterocycles. The number of allylic oxidation sites excluding steroid dienone is 14. The third kappa shape index (κ3) is 65.4. The minimum absolute atomic E-state index is 0.0954. The highest BCUT2D eigenvalue weighted by Gasteiger charge is 2.19. The van der Waals surface area contributed by atoms with E-state index in [1.165, 1.54) is 225 Å². The van der Waals surface area contributed by atoms with Crippen LogP contribution < -0.4 is 0 Å². The van der Waals surface area contributed by atoms with Crippen LogP contribution in [0.4, 0.5) is 0 Å². The van der Waals surface area contributed by atoms with E-state index in [0.29, 0.717) is 19.3 Å². The SMILES string of the molecule is CC/C=C\C/C=C\C/C=C\C/C=C\CCC(=O)OCC(COC(=O)CCCCCCCCCCCCCCCC/C=C\C/C=C\C/C=C\CCCCCCC)OC(=O)CCCCCCCCCCCCCCCCCCCCCC. The van der Waals surface area contributed by atoms with Crippen molar-refractivity contribution < 1.29 is 28.6 Å². The van der Waals surface area contributed by atoms with Crippen LogP contribution in [0.1, 0.15) is 348 Å². The molecule has 0 saturated carbocycles. The summed E-state index contributed by atoms with van der Waals surface area (Å²) in [6.45, 7) is 6.50. The van der Waals surface area contributed by atoms with Gasteiger partial charge in [0.15, 0.2) is 6.10 Å². The van der Waals surface area contributed by atoms with Gasteiger partial charge >= 0.3 is 17.9 Å². The molecule has 0 aromatic heterocycles. The Balaban J connectivity index is 4.26. The lowest BCUT2D eigenvalue weighted by molar-refractivity contribution is -0.166. The molecule has 0 aromatic rings. The van der Waals surface area contributed by atoms with Crippen molar-refractivity contribution in [3.63, 3.8) is 0 Å². The Hall–Kier alpha value is -3.41. The molecule has 0 aliphatic carbocycles. The van der Waals surface area contributed by atoms with Crippen molar-refractivity contribution in [2.24, 2.45) is 0 Å². The fraction of sp³-hybridized carbons (Fsp3) is 0.770. The predicted molar refractivity (Wildman–Crippen MR) is 348 cm³/mol. The average molecular weight is 1120 g/mol. The third-order valence-corrected chi connectivity index (χ3v) is 15.1. The summed E-state index contributed by atoms with van der Waals surface area (Å²) in [7, 11) is 0. The molecule has 0 bridgehead atoms. The van der Waals surface area contributed by atoms with E-state index in [-0.39, 0.29) is 37.5 Å². The molecule has 0 amide bonds. The summed E-state index contributed by atoms with van der Waals surface area (Å²) in [6, 6.07) is 0. The van der Waals surface area contributed by atoms with Crippen LogP contribution >= 0.6 is 0 Å². The Morgan fingerprint density at radius 2 is 0.512 bits per heavy atom. The zero-order valence-electron chi connectivity index (χ0n) is 53.1. The maximum absolute atomic E-state index is 12.9. The number of hydrogen-bond acceptors (Lipinski definition) is 6. The highest BCUT2D eigenvalue weighted by Crippen LogP contribution is 2.18. The Morgan fingerprint density at radius 1 is 0.263 bits per heavy atom. The molecule has 6 nitrogen and oxygen atoms in total. The summed E-state index contributed by atoms with van der Waals surface area (Å²) < 4.78 is 16.9. The van der Waals surface area contributed by atoms with Crippen molar-refractivity contribution >= 4 is 17.9 Å². The standard InChI is InChI=1S/C74H130O6/c1-4-7-10-13-16-19-22-25-27-29-31-33-34-35-36-37-38-39-40-41-43-44-46-49-52-55-58-61-64-67-73(76)79-70-71(69-78-72(75)66-63-60-57-54-51-48-24-21-18-15-12-9-6-3)80-74(77)68-65-62-59-56-53-50-47-45-42-32-30-28-26-23-20-17-14-11-8-5-2/h9,12,18,21-22,25,29,31,34-35,48,51,57,60,71H,4-8,10-11,13-17,19-20,23-24,26-28,30,32-33,36-47,49-50,52-56,58-59,61-70H2,1-3H3/b12-9-,21-18-,25-22-,31-29-,35-34-,51-48-,60-57-. The Kier molecular flexibility index (Phi) is 65.2. The van der Waals surface area contributed by atoms with Crippen LogP contribution in [0, 0.1) is 0 Å². The molecule has 0 spiro atoms. The first-order chi connectivity index (χ1) is 39.5. The molecule has 0 radical (unpaired) electrons. The molecule has 0 heterocycles. The summed E-state index contributed by atoms with van der Waals surface area (Å²) in [4.78, 5) is 38.3. The molecular formula is C74H130O6. The first kappa shape index (κ1) is 76.6. The smallest absolute Gasteiger partial charge is 0.306 e. The van der Waals surface area contributed by atoms with Gasteiger partial charge in [0.2, 0.25) is 0 Å². The van der Waals surface area contributed by atoms with Crippen LogP contribution in [0.15, 0.2) is 85.1 Å². The van der Waals surface area contributed by atoms with Gasteiger partial charge in [-0.15, -0.1) is 0 Å². The lowest BCUT2D eigenvalue weighted by atomic mass is 10.0. The number of esters is 3. The molecule has 80 heavy (non-hydrogen) atoms. The van der Waals surface area contributed by atoms with Crippen molar-refractivity contribution in [3.05, 3.63) is 85.1 Å². The van der Waals surface area contributed by atoms with E-state index in [4.69, 9.17) is 14.2 Å². The fourth-order valence-electron chi connectivity index (χ4n) is 10.00. The number of hydrogen-bond donors (Lipinski definition) is 0. The maximum atomic E-state index is 12.9. The predicted octanol–water partition coefficient (Wildman–Crippen LogP) is 23.8. The highest BCUT2D eigenvalue weighted by atomic mass is 16.6. The minimum Gasteiger partial charge on any atom is -0.462 e. The van der Waals surface area contributed by atoms with Gasteiger partial charge in [-0.25, -0.2) is 0 Å². The van der Waals surface area contributed by atoms with Gasteiger partial charge in [-0.3, -0.25) is 14.4 Å². The molecule has 0 aromatic carbocycles. The fourth-order valence-corrected chi connectivity index (χ4v) is 10.00. The summed E-state index contributed by atoms with van der Waals surface area (Å²) in [5.74, 6) is -0.963. The van der Waals surface area contributed by atoms with E-state index in [2.05, 4.69) is 99.8 Å². The summed E-state index contributed by atoms with van der Waals surface area (Å²) in [5, 5.41) is 0. The number of carbonyl (C=O) groups is 3. The number of ether oxygens (including phenoxy) is 3. The third-order valence-electron chi connectivity index (χ3n) is 15.1. The van der Waals surface area contributed by atoms with Crippen LogP contribution in [-0.2, 0) is 28.6 Å². The zero-order valence-corrected chi connectivity index (χ0v) is 53.1. The second-order valence-corrected chi connectivity index (χ2v) is 23.1. The summed E-state index contributed by atoms with van der Waals surface area (Å²) in [5.41, 5.74) is 0. The summed E-state index contributed by atoms with van der Waals surface area (Å²) >= 11 is 0. The topological polar surface area (TPSA) is 78.9 Å². The molecule has 0 saturated heterocycles. The van der Waals surface area contributed by atoms with E-state index in [0.717, 1.165) is 77.0 Å². The molecule has 6 heteroatoms. The Bertz CT molecular complexity index is 1520. The van der Waals surface area contributed by atoms with Gasteiger partial charge in [-0.1, -0.05) is 331 Å². The van der Waals surface area contributed by atoms with Crippen LogP contribution in [0.25, 0.3) is 0 Å². The second kappa shape index (κ2) is 68.1. The molecule has 0 aliphatic rings. The molecule has 0 N–H and O–H groups in total. The number of unbranched alkanes of at least 4 members (excludes halogenated alkanes) is 38. The van der Waals surface area contributed by atoms with Crippen molar-refractivity contribution in [1.82, 2.24) is 0 Å². The molecule has 0 fully saturated rings. The van der Waals surface area contributed by atoms with Gasteiger partial charge in [0.25, 0.3) is 0 Å². The van der Waals surface area contributed by atoms with E-state index >= 15 is 0 Å². The van der Waals surface area contributed by atoms with Crippen molar-refractivity contribution in [2.75, 3.05) is 13.2 Å². The lowest BCUT2D eigenvalue weighted by Crippen LogP contribution is -2.30. The van der Waals surface area contributed by atoms with E-state index in [1.54, 1.807) is 0 Å². The summed E-state index contributed by atoms with van der Waals surface area (Å²) in [6.07, 6.45) is 90.6. The average Bonchev–Trinajstić information content (AvgIpc) is 3.46. The molecular weight excluding hydrogens is 985 g/mol. The molecule has 462 valence electrons. The lowest BCUT2D eigenvalue weighted by Gasteiger charge is -2.18. The Morgan fingerprint density at radius 3 is 0.838 bits per heavy atom. The molecule has 0 rings (SSSR count). The molecule has 1 unspecified atom stereocenters. The normalized spacial score (nSPS) is 12.6. The first-order valence-corrected chi connectivity index (χ1v) is 34.6. The van der Waals surface area contributed by atoms with Crippen LogP contribution in [-0.4, -0.2) is 37.2 Å². The van der Waals surface area contributed by atoms with Crippen LogP contribution in [0.5, 0.6) is 0 Å². The Labute approximate surface area is 496 Å². The molecule has 1 atom stereocenters. The van der Waals surface area contributed by atoms with Crippen molar-refractivity contribution in [1.29, 1.82) is 0 Å². The zero-order chi connectivity index (χ0) is 57.8. The van der Waals surface area contributed by atoms with Crippen LogP contribution in [0.2, 0.25) is 0 Å². The highest BCUT2D eigenvalue weighted by molar-refractivity contribution is 5.71.